The van der Waals surface area contributed by atoms with Gasteiger partial charge in [0.1, 0.15) is 0 Å². The Morgan fingerprint density at radius 2 is 2.00 bits per heavy atom. The molecule has 2 aliphatic rings. The Hall–Kier alpha value is -0.570. The van der Waals surface area contributed by atoms with E-state index in [1.807, 2.05) is 0 Å². The highest BCUT2D eigenvalue weighted by Gasteiger charge is 2.37. The third kappa shape index (κ3) is 3.47. The Balaban J connectivity index is 1.76. The molecule has 0 aliphatic heterocycles. The molecule has 0 aromatic rings. The van der Waals surface area contributed by atoms with Crippen molar-refractivity contribution in [3.8, 4) is 0 Å². The second kappa shape index (κ2) is 6.05. The van der Waals surface area contributed by atoms with Crippen molar-refractivity contribution in [3.63, 3.8) is 0 Å². The number of rotatable bonds is 4. The summed E-state index contributed by atoms with van der Waals surface area (Å²) in [5.74, 6) is 1.06. The summed E-state index contributed by atoms with van der Waals surface area (Å²) in [5, 5.41) is 3.24. The van der Waals surface area contributed by atoms with E-state index in [0.717, 1.165) is 31.6 Å². The highest BCUT2D eigenvalue weighted by molar-refractivity contribution is 5.77. The van der Waals surface area contributed by atoms with Crippen LogP contribution in [0.25, 0.3) is 0 Å². The first-order valence-corrected chi connectivity index (χ1v) is 7.63. The lowest BCUT2D eigenvalue weighted by Gasteiger charge is -2.40. The van der Waals surface area contributed by atoms with Gasteiger partial charge in [0, 0.05) is 12.5 Å². The van der Waals surface area contributed by atoms with Gasteiger partial charge in [0.25, 0.3) is 0 Å². The van der Waals surface area contributed by atoms with Crippen molar-refractivity contribution < 1.29 is 4.79 Å². The van der Waals surface area contributed by atoms with Crippen LogP contribution in [0.1, 0.15) is 64.7 Å². The van der Waals surface area contributed by atoms with Crippen LogP contribution in [0.4, 0.5) is 0 Å². The summed E-state index contributed by atoms with van der Waals surface area (Å²) in [4.78, 5) is 12.1. The van der Waals surface area contributed by atoms with Gasteiger partial charge in [-0.3, -0.25) is 4.79 Å². The van der Waals surface area contributed by atoms with Crippen molar-refractivity contribution in [2.45, 2.75) is 70.8 Å². The first-order chi connectivity index (χ1) is 8.63. The summed E-state index contributed by atoms with van der Waals surface area (Å²) in [6.45, 7) is 2.99. The quantitative estimate of drug-likeness (QED) is 0.756. The number of hydrogen-bond donors (Lipinski definition) is 2. The van der Waals surface area contributed by atoms with Crippen molar-refractivity contribution in [2.75, 3.05) is 6.54 Å². The highest BCUT2D eigenvalue weighted by Crippen LogP contribution is 2.42. The number of amides is 1. The molecule has 3 N–H and O–H groups in total. The van der Waals surface area contributed by atoms with Crippen molar-refractivity contribution in [2.24, 2.45) is 17.1 Å². The van der Waals surface area contributed by atoms with Crippen LogP contribution in [0.3, 0.4) is 0 Å². The van der Waals surface area contributed by atoms with Gasteiger partial charge in [0.15, 0.2) is 0 Å². The predicted molar refractivity (Wildman–Crippen MR) is 74.1 cm³/mol. The van der Waals surface area contributed by atoms with Crippen molar-refractivity contribution in [1.29, 1.82) is 0 Å². The molecular formula is C15H28N2O. The number of hydrogen-bond acceptors (Lipinski definition) is 2. The average Bonchev–Trinajstić information content (AvgIpc) is 2.49. The fraction of sp³-hybridized carbons (Fsp3) is 0.933. The Labute approximate surface area is 111 Å². The molecule has 1 amide bonds. The molecule has 2 unspecified atom stereocenters. The second-order valence-electron chi connectivity index (χ2n) is 6.61. The standard InChI is InChI=1S/C15H28N2O/c1-12-4-2-5-13(7-6-12)17-14(18)10-15(11-16)8-3-9-15/h12-13H,2-11,16H2,1H3,(H,17,18). The van der Waals surface area contributed by atoms with Crippen LogP contribution >= 0.6 is 0 Å². The fourth-order valence-electron chi connectivity index (χ4n) is 3.38. The zero-order valence-electron chi connectivity index (χ0n) is 11.7. The first kappa shape index (κ1) is 13.9. The van der Waals surface area contributed by atoms with Crippen LogP contribution in [0.5, 0.6) is 0 Å². The van der Waals surface area contributed by atoms with E-state index in [9.17, 15) is 4.79 Å². The maximum Gasteiger partial charge on any atom is 0.220 e. The van der Waals surface area contributed by atoms with Crippen LogP contribution in [0.2, 0.25) is 0 Å². The minimum absolute atomic E-state index is 0.141. The summed E-state index contributed by atoms with van der Waals surface area (Å²) in [6.07, 6.45) is 10.3. The van der Waals surface area contributed by atoms with Gasteiger partial charge in [0.2, 0.25) is 5.91 Å². The topological polar surface area (TPSA) is 55.1 Å². The largest absolute Gasteiger partial charge is 0.353 e. The van der Waals surface area contributed by atoms with E-state index in [2.05, 4.69) is 12.2 Å². The summed E-state index contributed by atoms with van der Waals surface area (Å²) >= 11 is 0. The molecule has 2 aliphatic carbocycles. The van der Waals surface area contributed by atoms with E-state index in [1.165, 1.54) is 25.7 Å². The normalized spacial score (nSPS) is 31.2. The molecular weight excluding hydrogens is 224 g/mol. The third-order valence-corrected chi connectivity index (χ3v) is 5.01. The molecule has 104 valence electrons. The lowest BCUT2D eigenvalue weighted by molar-refractivity contribution is -0.125. The first-order valence-electron chi connectivity index (χ1n) is 7.63. The van der Waals surface area contributed by atoms with E-state index in [4.69, 9.17) is 5.73 Å². The molecule has 0 saturated heterocycles. The van der Waals surface area contributed by atoms with E-state index in [1.54, 1.807) is 0 Å². The Kier molecular flexibility index (Phi) is 4.66. The Morgan fingerprint density at radius 3 is 2.61 bits per heavy atom. The lowest BCUT2D eigenvalue weighted by atomic mass is 9.66. The Bertz CT molecular complexity index is 281. The minimum atomic E-state index is 0.141. The molecule has 2 saturated carbocycles. The minimum Gasteiger partial charge on any atom is -0.353 e. The van der Waals surface area contributed by atoms with Crippen LogP contribution in [-0.2, 0) is 4.79 Å². The second-order valence-corrected chi connectivity index (χ2v) is 6.61. The smallest absolute Gasteiger partial charge is 0.220 e. The number of carbonyl (C=O) groups excluding carboxylic acids is 1. The van der Waals surface area contributed by atoms with Crippen LogP contribution < -0.4 is 11.1 Å². The highest BCUT2D eigenvalue weighted by atomic mass is 16.1. The fourth-order valence-corrected chi connectivity index (χ4v) is 3.38. The summed E-state index contributed by atoms with van der Waals surface area (Å²) < 4.78 is 0. The van der Waals surface area contributed by atoms with Gasteiger partial charge in [-0.25, -0.2) is 0 Å². The maximum absolute atomic E-state index is 12.1. The van der Waals surface area contributed by atoms with E-state index in [0.29, 0.717) is 19.0 Å². The van der Waals surface area contributed by atoms with Crippen molar-refractivity contribution >= 4 is 5.91 Å². The predicted octanol–water partition coefficient (Wildman–Crippen LogP) is 2.59. The maximum atomic E-state index is 12.1. The molecule has 0 spiro atoms. The number of nitrogens with two attached hydrogens (primary N) is 1. The summed E-state index contributed by atoms with van der Waals surface area (Å²) in [6, 6.07) is 0.414. The van der Waals surface area contributed by atoms with Crippen LogP contribution in [-0.4, -0.2) is 18.5 Å². The van der Waals surface area contributed by atoms with Gasteiger partial charge in [0.05, 0.1) is 0 Å². The van der Waals surface area contributed by atoms with Crippen LogP contribution in [0.15, 0.2) is 0 Å². The van der Waals surface area contributed by atoms with Gasteiger partial charge in [-0.15, -0.1) is 0 Å². The SMILES string of the molecule is CC1CCCC(NC(=O)CC2(CN)CCC2)CC1. The van der Waals surface area contributed by atoms with Gasteiger partial charge in [-0.2, -0.15) is 0 Å². The summed E-state index contributed by atoms with van der Waals surface area (Å²) in [5.41, 5.74) is 5.95. The molecule has 3 nitrogen and oxygen atoms in total. The molecule has 3 heteroatoms. The summed E-state index contributed by atoms with van der Waals surface area (Å²) in [7, 11) is 0. The van der Waals surface area contributed by atoms with Gasteiger partial charge in [-0.05, 0) is 50.0 Å². The molecule has 0 bridgehead atoms. The van der Waals surface area contributed by atoms with E-state index < -0.39 is 0 Å². The molecule has 0 aromatic carbocycles. The van der Waals surface area contributed by atoms with Crippen molar-refractivity contribution in [3.05, 3.63) is 0 Å². The molecule has 0 heterocycles. The molecule has 18 heavy (non-hydrogen) atoms. The Morgan fingerprint density at radius 1 is 1.22 bits per heavy atom. The number of nitrogens with one attached hydrogen (secondary N) is 1. The van der Waals surface area contributed by atoms with E-state index >= 15 is 0 Å². The van der Waals surface area contributed by atoms with Crippen LogP contribution in [0, 0.1) is 11.3 Å². The van der Waals surface area contributed by atoms with Gasteiger partial charge >= 0.3 is 0 Å². The zero-order valence-corrected chi connectivity index (χ0v) is 11.7. The molecule has 2 atom stereocenters. The molecule has 2 fully saturated rings. The monoisotopic (exact) mass is 252 g/mol. The lowest BCUT2D eigenvalue weighted by Crippen LogP contribution is -2.44. The van der Waals surface area contributed by atoms with Gasteiger partial charge in [-0.1, -0.05) is 26.2 Å². The number of carbonyl (C=O) groups is 1. The molecule has 0 radical (unpaired) electrons. The zero-order chi connectivity index (χ0) is 13.0. The average molecular weight is 252 g/mol. The van der Waals surface area contributed by atoms with Gasteiger partial charge < -0.3 is 11.1 Å². The molecule has 0 aromatic heterocycles. The third-order valence-electron chi connectivity index (χ3n) is 5.01. The van der Waals surface area contributed by atoms with Crippen molar-refractivity contribution in [1.82, 2.24) is 5.32 Å². The molecule has 2 rings (SSSR count). The van der Waals surface area contributed by atoms with E-state index in [-0.39, 0.29) is 11.3 Å².